The second-order valence-electron chi connectivity index (χ2n) is 8.69. The number of ether oxygens (including phenoxy) is 1. The first-order valence-corrected chi connectivity index (χ1v) is 11.7. The summed E-state index contributed by atoms with van der Waals surface area (Å²) in [6.07, 6.45) is 7.12. The molecule has 4 aliphatic rings. The third-order valence-corrected chi connectivity index (χ3v) is 7.12. The smallest absolute Gasteiger partial charge is 0.212 e. The summed E-state index contributed by atoms with van der Waals surface area (Å²) in [5.74, 6) is 1.78. The Balaban J connectivity index is 1.68. The zero-order chi connectivity index (χ0) is 18.9. The minimum atomic E-state index is -3.51. The molecule has 0 heterocycles. The van der Waals surface area contributed by atoms with Crippen molar-refractivity contribution in [2.75, 3.05) is 18.9 Å². The largest absolute Gasteiger partial charge is 0.389 e. The first kappa shape index (κ1) is 20.3. The van der Waals surface area contributed by atoms with Crippen LogP contribution in [0.2, 0.25) is 0 Å². The number of nitrogens with two attached hydrogens (primary N) is 1. The van der Waals surface area contributed by atoms with E-state index in [1.807, 2.05) is 0 Å². The van der Waals surface area contributed by atoms with Gasteiger partial charge in [0.1, 0.15) is 0 Å². The van der Waals surface area contributed by atoms with E-state index in [1.165, 1.54) is 25.7 Å². The molecule has 0 aromatic rings. The van der Waals surface area contributed by atoms with Crippen LogP contribution in [0.3, 0.4) is 0 Å². The fourth-order valence-corrected chi connectivity index (χ4v) is 6.15. The molecule has 4 aliphatic carbocycles. The topological polar surface area (TPSA) is 102 Å². The molecule has 4 N–H and O–H groups in total. The maximum absolute atomic E-state index is 11.7. The Kier molecular flexibility index (Phi) is 6.45. The average molecular weight is 387 g/mol. The Morgan fingerprint density at radius 1 is 1.27 bits per heavy atom. The van der Waals surface area contributed by atoms with Gasteiger partial charge in [0.25, 0.3) is 0 Å². The molecule has 0 radical (unpaired) electrons. The van der Waals surface area contributed by atoms with E-state index in [0.29, 0.717) is 36.9 Å². The molecule has 2 bridgehead atoms. The molecule has 3 saturated carbocycles. The Bertz CT molecular complexity index is 611. The SMILES string of the molecule is CC(C)NC[C@H](O)CO[C@H]1CC=C(CS(N)(=O)=O)[C@H]2C3CCC(CC3)[C@H]12. The maximum Gasteiger partial charge on any atom is 0.212 e. The number of hydrogen-bond donors (Lipinski definition) is 3. The number of hydrogen-bond acceptors (Lipinski definition) is 5. The number of primary sulfonamides is 1. The van der Waals surface area contributed by atoms with Gasteiger partial charge in [0.05, 0.1) is 24.6 Å². The highest BCUT2D eigenvalue weighted by atomic mass is 32.2. The van der Waals surface area contributed by atoms with E-state index in [1.54, 1.807) is 0 Å². The van der Waals surface area contributed by atoms with Crippen molar-refractivity contribution in [3.05, 3.63) is 11.6 Å². The van der Waals surface area contributed by atoms with Crippen LogP contribution in [0.4, 0.5) is 0 Å². The molecule has 7 heteroatoms. The standard InChI is InChI=1S/C19H34N2O4S/c1-12(2)21-9-16(22)10-25-17-8-7-15(11-26(20,23)24)18-13-3-5-14(6-4-13)19(17)18/h7,12-14,16-19,21-22H,3-6,8-11H2,1-2H3,(H2,20,23,24)/t13?,14?,16-,17-,18+,19+/m0/s1. The van der Waals surface area contributed by atoms with Crippen molar-refractivity contribution in [1.29, 1.82) is 0 Å². The summed E-state index contributed by atoms with van der Waals surface area (Å²) < 4.78 is 29.5. The van der Waals surface area contributed by atoms with Crippen LogP contribution in [0.25, 0.3) is 0 Å². The van der Waals surface area contributed by atoms with Gasteiger partial charge in [-0.25, -0.2) is 13.6 Å². The van der Waals surface area contributed by atoms with Crippen LogP contribution in [0.5, 0.6) is 0 Å². The van der Waals surface area contributed by atoms with Gasteiger partial charge in [-0.15, -0.1) is 0 Å². The highest BCUT2D eigenvalue weighted by Crippen LogP contribution is 2.55. The van der Waals surface area contributed by atoms with Crippen LogP contribution >= 0.6 is 0 Å². The molecular weight excluding hydrogens is 352 g/mol. The van der Waals surface area contributed by atoms with E-state index in [2.05, 4.69) is 25.2 Å². The van der Waals surface area contributed by atoms with Crippen molar-refractivity contribution in [2.24, 2.45) is 28.8 Å². The second kappa shape index (κ2) is 8.27. The van der Waals surface area contributed by atoms with E-state index >= 15 is 0 Å². The van der Waals surface area contributed by atoms with Gasteiger partial charge in [-0.05, 0) is 55.8 Å². The lowest BCUT2D eigenvalue weighted by atomic mass is 9.53. The molecule has 150 valence electrons. The van der Waals surface area contributed by atoms with Crippen molar-refractivity contribution >= 4 is 10.0 Å². The fourth-order valence-electron chi connectivity index (χ4n) is 5.37. The summed E-state index contributed by atoms with van der Waals surface area (Å²) in [5.41, 5.74) is 1.01. The van der Waals surface area contributed by atoms with Crippen molar-refractivity contribution in [3.8, 4) is 0 Å². The van der Waals surface area contributed by atoms with Gasteiger partial charge >= 0.3 is 0 Å². The molecular formula is C19H34N2O4S. The molecule has 0 amide bonds. The van der Waals surface area contributed by atoms with Gasteiger partial charge in [0.2, 0.25) is 10.0 Å². The normalized spacial score (nSPS) is 35.3. The highest BCUT2D eigenvalue weighted by Gasteiger charge is 2.50. The van der Waals surface area contributed by atoms with E-state index in [0.717, 1.165) is 12.0 Å². The lowest BCUT2D eigenvalue weighted by molar-refractivity contribution is -0.0975. The summed E-state index contributed by atoms with van der Waals surface area (Å²) in [7, 11) is -3.51. The van der Waals surface area contributed by atoms with Crippen LogP contribution < -0.4 is 10.5 Å². The predicted molar refractivity (Wildman–Crippen MR) is 102 cm³/mol. The zero-order valence-corrected chi connectivity index (χ0v) is 16.7. The Hall–Kier alpha value is -0.470. The van der Waals surface area contributed by atoms with E-state index in [-0.39, 0.29) is 17.8 Å². The van der Waals surface area contributed by atoms with Crippen molar-refractivity contribution in [1.82, 2.24) is 5.32 Å². The quantitative estimate of drug-likeness (QED) is 0.547. The molecule has 0 unspecified atom stereocenters. The highest BCUT2D eigenvalue weighted by molar-refractivity contribution is 7.89. The molecule has 3 fully saturated rings. The third-order valence-electron chi connectivity index (χ3n) is 6.39. The van der Waals surface area contributed by atoms with Gasteiger partial charge in [-0.1, -0.05) is 25.5 Å². The molecule has 4 rings (SSSR count). The second-order valence-corrected chi connectivity index (χ2v) is 10.3. The average Bonchev–Trinajstić information content (AvgIpc) is 2.58. The van der Waals surface area contributed by atoms with Crippen molar-refractivity contribution < 1.29 is 18.3 Å². The van der Waals surface area contributed by atoms with Crippen LogP contribution in [0, 0.1) is 23.7 Å². The predicted octanol–water partition coefficient (Wildman–Crippen LogP) is 1.40. The Labute approximate surface area is 157 Å². The van der Waals surface area contributed by atoms with E-state index in [4.69, 9.17) is 9.88 Å². The first-order valence-electron chi connectivity index (χ1n) is 9.97. The summed E-state index contributed by atoms with van der Waals surface area (Å²) in [6, 6.07) is 0.335. The number of nitrogens with one attached hydrogen (secondary N) is 1. The first-order chi connectivity index (χ1) is 12.2. The number of sulfonamides is 1. The van der Waals surface area contributed by atoms with Crippen LogP contribution in [0.1, 0.15) is 46.0 Å². The lowest BCUT2D eigenvalue weighted by Gasteiger charge is -2.54. The fraction of sp³-hybridized carbons (Fsp3) is 0.895. The van der Waals surface area contributed by atoms with Crippen LogP contribution in [-0.2, 0) is 14.8 Å². The molecule has 0 spiro atoms. The van der Waals surface area contributed by atoms with Gasteiger partial charge in [0.15, 0.2) is 0 Å². The Morgan fingerprint density at radius 3 is 2.54 bits per heavy atom. The molecule has 0 aliphatic heterocycles. The number of aliphatic hydroxyl groups excluding tert-OH is 1. The van der Waals surface area contributed by atoms with Crippen molar-refractivity contribution in [2.45, 2.75) is 64.2 Å². The van der Waals surface area contributed by atoms with E-state index in [9.17, 15) is 13.5 Å². The van der Waals surface area contributed by atoms with Gasteiger partial charge in [-0.2, -0.15) is 0 Å². The minimum absolute atomic E-state index is 0.0228. The van der Waals surface area contributed by atoms with Gasteiger partial charge in [0, 0.05) is 12.6 Å². The van der Waals surface area contributed by atoms with Crippen molar-refractivity contribution in [3.63, 3.8) is 0 Å². The van der Waals surface area contributed by atoms with Crippen LogP contribution in [-0.4, -0.2) is 50.7 Å². The molecule has 6 nitrogen and oxygen atoms in total. The third kappa shape index (κ3) is 4.87. The lowest BCUT2D eigenvalue weighted by Crippen LogP contribution is -2.50. The summed E-state index contributed by atoms with van der Waals surface area (Å²) in [6.45, 7) is 4.95. The summed E-state index contributed by atoms with van der Waals surface area (Å²) >= 11 is 0. The van der Waals surface area contributed by atoms with Gasteiger partial charge < -0.3 is 15.2 Å². The van der Waals surface area contributed by atoms with E-state index < -0.39 is 16.1 Å². The number of fused-ring (bicyclic) bond motifs is 2. The summed E-state index contributed by atoms with van der Waals surface area (Å²) in [5, 5.41) is 18.7. The minimum Gasteiger partial charge on any atom is -0.389 e. The zero-order valence-electron chi connectivity index (χ0n) is 15.9. The molecule has 0 aromatic carbocycles. The van der Waals surface area contributed by atoms with Crippen LogP contribution in [0.15, 0.2) is 11.6 Å². The maximum atomic E-state index is 11.7. The number of rotatable bonds is 8. The summed E-state index contributed by atoms with van der Waals surface area (Å²) in [4.78, 5) is 0. The number of aliphatic hydroxyl groups is 1. The van der Waals surface area contributed by atoms with Gasteiger partial charge in [-0.3, -0.25) is 0 Å². The Morgan fingerprint density at radius 2 is 1.92 bits per heavy atom. The molecule has 26 heavy (non-hydrogen) atoms. The molecule has 0 aromatic heterocycles. The molecule has 0 saturated heterocycles. The molecule has 4 atom stereocenters. The monoisotopic (exact) mass is 386 g/mol.